The van der Waals surface area contributed by atoms with Crippen LogP contribution in [0.4, 0.5) is 0 Å². The summed E-state index contributed by atoms with van der Waals surface area (Å²) in [4.78, 5) is 15.2. The third-order valence-electron chi connectivity index (χ3n) is 2.44. The van der Waals surface area contributed by atoms with E-state index in [0.717, 1.165) is 5.56 Å². The molecular weight excluding hydrogens is 250 g/mol. The highest BCUT2D eigenvalue weighted by atomic mass is 35.5. The lowest BCUT2D eigenvalue weighted by molar-refractivity contribution is 0.101. The Balaban J connectivity index is 2.23. The van der Waals surface area contributed by atoms with Crippen LogP contribution in [0.1, 0.15) is 22.8 Å². The van der Waals surface area contributed by atoms with Gasteiger partial charge in [-0.05, 0) is 37.6 Å². The lowest BCUT2D eigenvalue weighted by atomic mass is 10.2. The van der Waals surface area contributed by atoms with Gasteiger partial charge in [-0.15, -0.1) is 0 Å². The maximum absolute atomic E-state index is 11.1. The molecule has 0 radical (unpaired) electrons. The van der Waals surface area contributed by atoms with Crippen molar-refractivity contribution in [3.63, 3.8) is 0 Å². The van der Waals surface area contributed by atoms with Crippen molar-refractivity contribution in [2.75, 3.05) is 0 Å². The smallest absolute Gasteiger partial charge is 0.219 e. The van der Waals surface area contributed by atoms with Crippen LogP contribution in [0.25, 0.3) is 0 Å². The number of aromatic nitrogens is 1. The minimum absolute atomic E-state index is 0.0253. The predicted molar refractivity (Wildman–Crippen MR) is 70.5 cm³/mol. The lowest BCUT2D eigenvalue weighted by Crippen LogP contribution is -1.94. The second-order valence-electron chi connectivity index (χ2n) is 3.98. The fourth-order valence-corrected chi connectivity index (χ4v) is 1.61. The SMILES string of the molecule is CC(=O)c1ccc(Oc2cc(C)ccc2Cl)nc1. The number of halogens is 1. The van der Waals surface area contributed by atoms with Gasteiger partial charge in [0.15, 0.2) is 5.78 Å². The number of carbonyl (C=O) groups excluding carboxylic acids is 1. The molecule has 0 N–H and O–H groups in total. The predicted octanol–water partition coefficient (Wildman–Crippen LogP) is 4.04. The second-order valence-corrected chi connectivity index (χ2v) is 4.38. The number of hydrogen-bond acceptors (Lipinski definition) is 3. The molecule has 0 saturated carbocycles. The Morgan fingerprint density at radius 2 is 2.06 bits per heavy atom. The standard InChI is InChI=1S/C14H12ClNO2/c1-9-3-5-12(15)13(7-9)18-14-6-4-11(8-16-14)10(2)17/h3-8H,1-2H3. The number of ketones is 1. The molecule has 0 spiro atoms. The first-order valence-electron chi connectivity index (χ1n) is 5.47. The third-order valence-corrected chi connectivity index (χ3v) is 2.76. The van der Waals surface area contributed by atoms with Gasteiger partial charge in [-0.25, -0.2) is 4.98 Å². The molecule has 0 aliphatic carbocycles. The van der Waals surface area contributed by atoms with E-state index < -0.39 is 0 Å². The minimum Gasteiger partial charge on any atom is -0.437 e. The number of benzene rings is 1. The molecule has 2 aromatic rings. The van der Waals surface area contributed by atoms with Crippen molar-refractivity contribution >= 4 is 17.4 Å². The van der Waals surface area contributed by atoms with Crippen molar-refractivity contribution in [1.29, 1.82) is 0 Å². The highest BCUT2D eigenvalue weighted by Crippen LogP contribution is 2.29. The average Bonchev–Trinajstić information content (AvgIpc) is 2.34. The molecule has 0 amide bonds. The monoisotopic (exact) mass is 261 g/mol. The number of aryl methyl sites for hydroxylation is 1. The summed E-state index contributed by atoms with van der Waals surface area (Å²) in [5.74, 6) is 0.940. The average molecular weight is 262 g/mol. The molecule has 0 bridgehead atoms. The van der Waals surface area contributed by atoms with Gasteiger partial charge in [-0.3, -0.25) is 4.79 Å². The van der Waals surface area contributed by atoms with Crippen molar-refractivity contribution in [1.82, 2.24) is 4.98 Å². The Hall–Kier alpha value is -1.87. The summed E-state index contributed by atoms with van der Waals surface area (Å²) in [6.45, 7) is 3.45. The van der Waals surface area contributed by atoms with E-state index in [9.17, 15) is 4.79 Å². The largest absolute Gasteiger partial charge is 0.437 e. The van der Waals surface area contributed by atoms with Crippen LogP contribution in [-0.4, -0.2) is 10.8 Å². The maximum Gasteiger partial charge on any atom is 0.219 e. The topological polar surface area (TPSA) is 39.2 Å². The lowest BCUT2D eigenvalue weighted by Gasteiger charge is -2.07. The highest BCUT2D eigenvalue weighted by Gasteiger charge is 2.05. The van der Waals surface area contributed by atoms with Crippen LogP contribution in [0.5, 0.6) is 11.6 Å². The number of carbonyl (C=O) groups is 1. The van der Waals surface area contributed by atoms with Crippen LogP contribution < -0.4 is 4.74 Å². The molecule has 4 heteroatoms. The van der Waals surface area contributed by atoms with E-state index in [4.69, 9.17) is 16.3 Å². The zero-order valence-electron chi connectivity index (χ0n) is 10.1. The molecule has 0 fully saturated rings. The first kappa shape index (κ1) is 12.6. The molecule has 1 aromatic heterocycles. The molecule has 1 aromatic carbocycles. The molecule has 0 aliphatic heterocycles. The zero-order valence-corrected chi connectivity index (χ0v) is 10.9. The van der Waals surface area contributed by atoms with Crippen LogP contribution in [0.3, 0.4) is 0 Å². The maximum atomic E-state index is 11.1. The molecule has 0 unspecified atom stereocenters. The van der Waals surface area contributed by atoms with E-state index in [-0.39, 0.29) is 5.78 Å². The van der Waals surface area contributed by atoms with E-state index in [0.29, 0.717) is 22.2 Å². The number of rotatable bonds is 3. The van der Waals surface area contributed by atoms with E-state index >= 15 is 0 Å². The van der Waals surface area contributed by atoms with E-state index in [1.165, 1.54) is 13.1 Å². The van der Waals surface area contributed by atoms with Crippen LogP contribution >= 0.6 is 11.6 Å². The van der Waals surface area contributed by atoms with E-state index in [1.807, 2.05) is 19.1 Å². The third kappa shape index (κ3) is 2.87. The van der Waals surface area contributed by atoms with Gasteiger partial charge in [-0.2, -0.15) is 0 Å². The van der Waals surface area contributed by atoms with Gasteiger partial charge in [0.1, 0.15) is 5.75 Å². The molecule has 0 atom stereocenters. The number of ether oxygens (including phenoxy) is 1. The molecule has 0 aliphatic rings. The first-order valence-corrected chi connectivity index (χ1v) is 5.85. The van der Waals surface area contributed by atoms with Crippen molar-refractivity contribution < 1.29 is 9.53 Å². The van der Waals surface area contributed by atoms with E-state index in [1.54, 1.807) is 18.2 Å². The first-order chi connectivity index (χ1) is 8.56. The van der Waals surface area contributed by atoms with Crippen LogP contribution in [-0.2, 0) is 0 Å². The normalized spacial score (nSPS) is 10.2. The fraction of sp³-hybridized carbons (Fsp3) is 0.143. The Morgan fingerprint density at radius 1 is 1.28 bits per heavy atom. The molecule has 1 heterocycles. The Bertz CT molecular complexity index is 579. The summed E-state index contributed by atoms with van der Waals surface area (Å²) >= 11 is 6.02. The van der Waals surface area contributed by atoms with Gasteiger partial charge >= 0.3 is 0 Å². The van der Waals surface area contributed by atoms with Gasteiger partial charge in [0.05, 0.1) is 5.02 Å². The summed E-state index contributed by atoms with van der Waals surface area (Å²) in [5, 5.41) is 0.526. The van der Waals surface area contributed by atoms with Crippen molar-refractivity contribution in [2.45, 2.75) is 13.8 Å². The van der Waals surface area contributed by atoms with Crippen molar-refractivity contribution in [3.8, 4) is 11.6 Å². The second kappa shape index (κ2) is 5.19. The van der Waals surface area contributed by atoms with Gasteiger partial charge in [0.25, 0.3) is 0 Å². The number of hydrogen-bond donors (Lipinski definition) is 0. The minimum atomic E-state index is -0.0253. The molecule has 18 heavy (non-hydrogen) atoms. The summed E-state index contributed by atoms with van der Waals surface area (Å²) in [7, 11) is 0. The summed E-state index contributed by atoms with van der Waals surface area (Å²) < 4.78 is 5.57. The summed E-state index contributed by atoms with van der Waals surface area (Å²) in [6.07, 6.45) is 1.49. The fourth-order valence-electron chi connectivity index (χ4n) is 1.45. The van der Waals surface area contributed by atoms with Gasteiger partial charge < -0.3 is 4.74 Å². The van der Waals surface area contributed by atoms with Crippen LogP contribution in [0.15, 0.2) is 36.5 Å². The number of Topliss-reactive ketones (excluding diaryl/α,β-unsaturated/α-hetero) is 1. The quantitative estimate of drug-likeness (QED) is 0.783. The molecule has 2 rings (SSSR count). The van der Waals surface area contributed by atoms with Crippen molar-refractivity contribution in [3.05, 3.63) is 52.7 Å². The van der Waals surface area contributed by atoms with Crippen LogP contribution in [0.2, 0.25) is 5.02 Å². The highest BCUT2D eigenvalue weighted by molar-refractivity contribution is 6.32. The zero-order chi connectivity index (χ0) is 13.1. The molecular formula is C14H12ClNO2. The van der Waals surface area contributed by atoms with Gasteiger partial charge in [0, 0.05) is 17.8 Å². The number of pyridine rings is 1. The number of nitrogens with zero attached hydrogens (tertiary/aromatic N) is 1. The van der Waals surface area contributed by atoms with Crippen molar-refractivity contribution in [2.24, 2.45) is 0 Å². The molecule has 3 nitrogen and oxygen atoms in total. The Kier molecular flexibility index (Phi) is 3.63. The van der Waals surface area contributed by atoms with E-state index in [2.05, 4.69) is 4.98 Å². The van der Waals surface area contributed by atoms with Crippen LogP contribution in [0, 0.1) is 6.92 Å². The Labute approximate surface area is 110 Å². The molecule has 0 saturated heterocycles. The summed E-state index contributed by atoms with van der Waals surface area (Å²) in [5.41, 5.74) is 1.60. The Morgan fingerprint density at radius 3 is 2.67 bits per heavy atom. The van der Waals surface area contributed by atoms with Gasteiger partial charge in [-0.1, -0.05) is 17.7 Å². The summed E-state index contributed by atoms with van der Waals surface area (Å²) in [6, 6.07) is 8.84. The van der Waals surface area contributed by atoms with Gasteiger partial charge in [0.2, 0.25) is 5.88 Å². The molecule has 92 valence electrons.